The number of ether oxygens (including phenoxy) is 1. The first kappa shape index (κ1) is 17.8. The molecule has 26 heavy (non-hydrogen) atoms. The van der Waals surface area contributed by atoms with Gasteiger partial charge < -0.3 is 15.4 Å². The number of nitrogens with one attached hydrogen (secondary N) is 2. The van der Waals surface area contributed by atoms with Crippen molar-refractivity contribution < 1.29 is 17.9 Å². The number of benzene rings is 1. The Hall–Kier alpha value is -3.03. The summed E-state index contributed by atoms with van der Waals surface area (Å²) in [5, 5.41) is 5.62. The van der Waals surface area contributed by atoms with Crippen molar-refractivity contribution in [3.63, 3.8) is 0 Å². The van der Waals surface area contributed by atoms with Crippen LogP contribution in [0.1, 0.15) is 11.3 Å². The summed E-state index contributed by atoms with van der Waals surface area (Å²) in [5.41, 5.74) is 1.03. The van der Waals surface area contributed by atoms with Gasteiger partial charge in [0.15, 0.2) is 5.84 Å². The van der Waals surface area contributed by atoms with E-state index in [9.17, 15) is 13.2 Å². The fourth-order valence-electron chi connectivity index (χ4n) is 2.53. The second-order valence-electron chi connectivity index (χ2n) is 5.68. The van der Waals surface area contributed by atoms with Gasteiger partial charge in [0.1, 0.15) is 17.4 Å². The number of methoxy groups -OCH3 is 1. The molecule has 0 aliphatic carbocycles. The van der Waals surface area contributed by atoms with E-state index in [1.807, 2.05) is 19.1 Å². The van der Waals surface area contributed by atoms with Gasteiger partial charge in [0.05, 0.1) is 7.11 Å². The van der Waals surface area contributed by atoms with Crippen molar-refractivity contribution in [1.29, 1.82) is 0 Å². The van der Waals surface area contributed by atoms with Crippen LogP contribution in [0.15, 0.2) is 65.1 Å². The number of aryl methyl sites for hydroxylation is 1. The van der Waals surface area contributed by atoms with Crippen molar-refractivity contribution in [3.05, 3.63) is 71.4 Å². The molecule has 2 aromatic rings. The SMILES string of the molecule is COC1=C(C(F)(F)F)C(Nc2ccc(C)cc2)NC(c2ccccn2)=N1. The number of aliphatic imine (C=N–C) groups is 1. The number of rotatable bonds is 4. The number of halogens is 3. The minimum absolute atomic E-state index is 0.195. The predicted octanol–water partition coefficient (Wildman–Crippen LogP) is 3.60. The molecule has 1 aromatic heterocycles. The van der Waals surface area contributed by atoms with E-state index in [0.717, 1.165) is 12.7 Å². The molecule has 0 spiro atoms. The Morgan fingerprint density at radius 3 is 2.42 bits per heavy atom. The number of nitrogens with zero attached hydrogens (tertiary/aromatic N) is 2. The maximum Gasteiger partial charge on any atom is 0.421 e. The van der Waals surface area contributed by atoms with E-state index in [-0.39, 0.29) is 5.84 Å². The third kappa shape index (κ3) is 3.79. The van der Waals surface area contributed by atoms with Crippen LogP contribution in [-0.4, -0.2) is 30.3 Å². The minimum Gasteiger partial charge on any atom is -0.481 e. The van der Waals surface area contributed by atoms with E-state index in [4.69, 9.17) is 4.74 Å². The molecule has 2 heterocycles. The molecule has 1 atom stereocenters. The fraction of sp³-hybridized carbons (Fsp3) is 0.222. The van der Waals surface area contributed by atoms with Gasteiger partial charge in [0.2, 0.25) is 5.88 Å². The molecule has 0 bridgehead atoms. The van der Waals surface area contributed by atoms with E-state index in [1.54, 1.807) is 30.3 Å². The van der Waals surface area contributed by atoms with Crippen LogP contribution in [0.4, 0.5) is 18.9 Å². The first-order chi connectivity index (χ1) is 12.4. The Labute approximate surface area is 148 Å². The largest absolute Gasteiger partial charge is 0.481 e. The monoisotopic (exact) mass is 362 g/mol. The summed E-state index contributed by atoms with van der Waals surface area (Å²) in [6.07, 6.45) is -4.36. The number of hydrogen-bond donors (Lipinski definition) is 2. The summed E-state index contributed by atoms with van der Waals surface area (Å²) in [6, 6.07) is 12.1. The van der Waals surface area contributed by atoms with E-state index >= 15 is 0 Å². The Bertz CT molecular complexity index is 830. The molecule has 0 saturated carbocycles. The van der Waals surface area contributed by atoms with Crippen molar-refractivity contribution in [1.82, 2.24) is 10.3 Å². The summed E-state index contributed by atoms with van der Waals surface area (Å²) in [6.45, 7) is 1.90. The molecule has 136 valence electrons. The van der Waals surface area contributed by atoms with E-state index in [1.165, 1.54) is 6.20 Å². The van der Waals surface area contributed by atoms with Crippen molar-refractivity contribution in [2.24, 2.45) is 4.99 Å². The van der Waals surface area contributed by atoms with Gasteiger partial charge in [0, 0.05) is 11.9 Å². The average molecular weight is 362 g/mol. The molecule has 1 aromatic carbocycles. The molecule has 5 nitrogen and oxygen atoms in total. The Morgan fingerprint density at radius 1 is 1.12 bits per heavy atom. The van der Waals surface area contributed by atoms with Crippen LogP contribution in [0.2, 0.25) is 0 Å². The van der Waals surface area contributed by atoms with Crippen LogP contribution >= 0.6 is 0 Å². The van der Waals surface area contributed by atoms with Gasteiger partial charge in [0.25, 0.3) is 0 Å². The highest BCUT2D eigenvalue weighted by atomic mass is 19.4. The maximum atomic E-state index is 13.6. The molecule has 0 saturated heterocycles. The zero-order valence-corrected chi connectivity index (χ0v) is 14.1. The van der Waals surface area contributed by atoms with Crippen molar-refractivity contribution in [3.8, 4) is 0 Å². The molecular formula is C18H17F3N4O. The molecule has 0 fully saturated rings. The third-order valence-electron chi connectivity index (χ3n) is 3.78. The average Bonchev–Trinajstić information content (AvgIpc) is 2.62. The van der Waals surface area contributed by atoms with Crippen LogP contribution in [-0.2, 0) is 4.74 Å². The van der Waals surface area contributed by atoms with Gasteiger partial charge in [-0.3, -0.25) is 4.98 Å². The zero-order chi connectivity index (χ0) is 18.7. The van der Waals surface area contributed by atoms with Gasteiger partial charge in [-0.1, -0.05) is 23.8 Å². The normalized spacial score (nSPS) is 17.4. The minimum atomic E-state index is -4.63. The zero-order valence-electron chi connectivity index (χ0n) is 14.1. The first-order valence-corrected chi connectivity index (χ1v) is 7.83. The Balaban J connectivity index is 2.02. The lowest BCUT2D eigenvalue weighted by Crippen LogP contribution is -2.49. The van der Waals surface area contributed by atoms with Crippen LogP contribution in [0.3, 0.4) is 0 Å². The van der Waals surface area contributed by atoms with Gasteiger partial charge in [-0.25, -0.2) is 0 Å². The number of aromatic nitrogens is 1. The van der Waals surface area contributed by atoms with E-state index in [0.29, 0.717) is 11.4 Å². The Morgan fingerprint density at radius 2 is 1.85 bits per heavy atom. The van der Waals surface area contributed by atoms with Gasteiger partial charge in [-0.2, -0.15) is 18.2 Å². The molecule has 8 heteroatoms. The van der Waals surface area contributed by atoms with Gasteiger partial charge >= 0.3 is 6.18 Å². The van der Waals surface area contributed by atoms with Crippen molar-refractivity contribution in [2.45, 2.75) is 19.3 Å². The number of amidine groups is 1. The van der Waals surface area contributed by atoms with Crippen LogP contribution < -0.4 is 10.6 Å². The smallest absolute Gasteiger partial charge is 0.421 e. The summed E-state index contributed by atoms with van der Waals surface area (Å²) in [5.74, 6) is -0.304. The van der Waals surface area contributed by atoms with Gasteiger partial charge in [-0.05, 0) is 31.2 Å². The second kappa shape index (κ2) is 7.07. The lowest BCUT2D eigenvalue weighted by Gasteiger charge is -2.30. The number of anilines is 1. The summed E-state index contributed by atoms with van der Waals surface area (Å²) in [7, 11) is 1.16. The van der Waals surface area contributed by atoms with E-state index < -0.39 is 23.8 Å². The molecule has 1 aliphatic rings. The lowest BCUT2D eigenvalue weighted by molar-refractivity contribution is -0.0992. The van der Waals surface area contributed by atoms with Crippen molar-refractivity contribution >= 4 is 11.5 Å². The highest BCUT2D eigenvalue weighted by molar-refractivity contribution is 5.98. The molecular weight excluding hydrogens is 345 g/mol. The molecule has 2 N–H and O–H groups in total. The molecule has 0 radical (unpaired) electrons. The van der Waals surface area contributed by atoms with Crippen LogP contribution in [0, 0.1) is 6.92 Å². The number of pyridine rings is 1. The summed E-state index contributed by atoms with van der Waals surface area (Å²) >= 11 is 0. The van der Waals surface area contributed by atoms with Gasteiger partial charge in [-0.15, -0.1) is 0 Å². The van der Waals surface area contributed by atoms with Crippen molar-refractivity contribution in [2.75, 3.05) is 12.4 Å². The van der Waals surface area contributed by atoms with E-state index in [2.05, 4.69) is 20.6 Å². The third-order valence-corrected chi connectivity index (χ3v) is 3.78. The highest BCUT2D eigenvalue weighted by Crippen LogP contribution is 2.34. The lowest BCUT2D eigenvalue weighted by atomic mass is 10.1. The Kier molecular flexibility index (Phi) is 4.83. The predicted molar refractivity (Wildman–Crippen MR) is 92.6 cm³/mol. The summed E-state index contributed by atoms with van der Waals surface area (Å²) < 4.78 is 45.8. The molecule has 1 aliphatic heterocycles. The topological polar surface area (TPSA) is 58.5 Å². The fourth-order valence-corrected chi connectivity index (χ4v) is 2.53. The molecule has 0 amide bonds. The number of hydrogen-bond acceptors (Lipinski definition) is 5. The second-order valence-corrected chi connectivity index (χ2v) is 5.68. The summed E-state index contributed by atoms with van der Waals surface area (Å²) in [4.78, 5) is 8.10. The highest BCUT2D eigenvalue weighted by Gasteiger charge is 2.45. The molecule has 1 unspecified atom stereocenters. The standard InChI is InChI=1S/C18H17F3N4O/c1-11-6-8-12(9-7-11)23-16-14(18(19,20)21)17(26-2)25-15(24-16)13-5-3-4-10-22-13/h3-10,16,23H,1-2H3,(H,24,25). The maximum absolute atomic E-state index is 13.6. The number of alkyl halides is 3. The first-order valence-electron chi connectivity index (χ1n) is 7.83. The quantitative estimate of drug-likeness (QED) is 0.873. The van der Waals surface area contributed by atoms with Crippen LogP contribution in [0.5, 0.6) is 0 Å². The molecule has 3 rings (SSSR count). The van der Waals surface area contributed by atoms with Crippen LogP contribution in [0.25, 0.3) is 0 Å².